The quantitative estimate of drug-likeness (QED) is 0.917. The van der Waals surface area contributed by atoms with Gasteiger partial charge in [-0.15, -0.1) is 11.3 Å². The summed E-state index contributed by atoms with van der Waals surface area (Å²) in [6.45, 7) is 15.4. The van der Waals surface area contributed by atoms with Crippen molar-refractivity contribution in [1.29, 1.82) is 0 Å². The van der Waals surface area contributed by atoms with Gasteiger partial charge in [-0.05, 0) is 40.2 Å². The lowest BCUT2D eigenvalue weighted by molar-refractivity contribution is 0.152. The molecule has 1 saturated heterocycles. The Kier molecular flexibility index (Phi) is 4.81. The fraction of sp³-hybridized carbons (Fsp3) is 0.824. The SMILES string of the molecule is CC1CCCCN1Cc1nc(C(C)(C)C)c(C(C)(C)N)s1. The number of rotatable bonds is 3. The van der Waals surface area contributed by atoms with Crippen LogP contribution in [0.15, 0.2) is 0 Å². The van der Waals surface area contributed by atoms with Crippen LogP contribution >= 0.6 is 11.3 Å². The van der Waals surface area contributed by atoms with Crippen molar-refractivity contribution < 1.29 is 0 Å². The van der Waals surface area contributed by atoms with Crippen molar-refractivity contribution in [1.82, 2.24) is 9.88 Å². The highest BCUT2D eigenvalue weighted by Gasteiger charge is 2.31. The van der Waals surface area contributed by atoms with Gasteiger partial charge in [0, 0.05) is 21.9 Å². The maximum atomic E-state index is 6.38. The van der Waals surface area contributed by atoms with E-state index in [9.17, 15) is 0 Å². The molecule has 1 aromatic heterocycles. The van der Waals surface area contributed by atoms with Crippen LogP contribution in [0, 0.1) is 0 Å². The number of piperidine rings is 1. The first-order chi connectivity index (χ1) is 9.59. The van der Waals surface area contributed by atoms with Crippen LogP contribution in [0.2, 0.25) is 0 Å². The average molecular weight is 310 g/mol. The van der Waals surface area contributed by atoms with E-state index in [0.717, 1.165) is 6.54 Å². The van der Waals surface area contributed by atoms with E-state index in [1.807, 2.05) is 11.3 Å². The molecule has 1 fully saturated rings. The molecule has 120 valence electrons. The Bertz CT molecular complexity index is 448. The van der Waals surface area contributed by atoms with Crippen molar-refractivity contribution in [2.45, 2.75) is 84.3 Å². The van der Waals surface area contributed by atoms with Crippen LogP contribution in [0.25, 0.3) is 0 Å². The monoisotopic (exact) mass is 309 g/mol. The molecular weight excluding hydrogens is 278 g/mol. The maximum absolute atomic E-state index is 6.38. The number of aromatic nitrogens is 1. The molecular formula is C17H31N3S. The largest absolute Gasteiger partial charge is 0.321 e. The summed E-state index contributed by atoms with van der Waals surface area (Å²) in [6, 6.07) is 0.676. The first-order valence-electron chi connectivity index (χ1n) is 8.12. The minimum atomic E-state index is -0.313. The van der Waals surface area contributed by atoms with Crippen molar-refractivity contribution in [3.8, 4) is 0 Å². The highest BCUT2D eigenvalue weighted by atomic mass is 32.1. The topological polar surface area (TPSA) is 42.2 Å². The van der Waals surface area contributed by atoms with Gasteiger partial charge in [0.15, 0.2) is 0 Å². The number of nitrogens with zero attached hydrogens (tertiary/aromatic N) is 2. The molecule has 1 aliphatic rings. The van der Waals surface area contributed by atoms with Crippen molar-refractivity contribution in [3.05, 3.63) is 15.6 Å². The third kappa shape index (κ3) is 4.05. The van der Waals surface area contributed by atoms with E-state index >= 15 is 0 Å². The van der Waals surface area contributed by atoms with Crippen LogP contribution in [-0.2, 0) is 17.5 Å². The number of likely N-dealkylation sites (tertiary alicyclic amines) is 1. The molecule has 0 radical (unpaired) electrons. The van der Waals surface area contributed by atoms with Gasteiger partial charge in [-0.3, -0.25) is 4.90 Å². The molecule has 0 aliphatic carbocycles. The Morgan fingerprint density at radius 3 is 2.38 bits per heavy atom. The predicted molar refractivity (Wildman–Crippen MR) is 91.8 cm³/mol. The average Bonchev–Trinajstić information content (AvgIpc) is 2.76. The van der Waals surface area contributed by atoms with Crippen LogP contribution in [-0.4, -0.2) is 22.5 Å². The zero-order chi connectivity index (χ0) is 15.8. The minimum Gasteiger partial charge on any atom is -0.321 e. The number of hydrogen-bond donors (Lipinski definition) is 1. The normalized spacial score (nSPS) is 21.8. The molecule has 0 saturated carbocycles. The van der Waals surface area contributed by atoms with Crippen molar-refractivity contribution in [3.63, 3.8) is 0 Å². The van der Waals surface area contributed by atoms with E-state index < -0.39 is 0 Å². The summed E-state index contributed by atoms with van der Waals surface area (Å²) in [5.41, 5.74) is 7.30. The van der Waals surface area contributed by atoms with Crippen molar-refractivity contribution in [2.75, 3.05) is 6.54 Å². The molecule has 0 spiro atoms. The number of hydrogen-bond acceptors (Lipinski definition) is 4. The summed E-state index contributed by atoms with van der Waals surface area (Å²) >= 11 is 1.81. The molecule has 1 atom stereocenters. The Morgan fingerprint density at radius 2 is 1.90 bits per heavy atom. The summed E-state index contributed by atoms with van der Waals surface area (Å²) < 4.78 is 0. The first kappa shape index (κ1) is 16.9. The van der Waals surface area contributed by atoms with Gasteiger partial charge >= 0.3 is 0 Å². The van der Waals surface area contributed by atoms with Crippen LogP contribution in [0.5, 0.6) is 0 Å². The molecule has 0 aromatic carbocycles. The highest BCUT2D eigenvalue weighted by molar-refractivity contribution is 7.11. The van der Waals surface area contributed by atoms with Crippen molar-refractivity contribution in [2.24, 2.45) is 5.73 Å². The van der Waals surface area contributed by atoms with Crippen LogP contribution in [0.1, 0.15) is 76.4 Å². The van der Waals surface area contributed by atoms with Gasteiger partial charge in [0.1, 0.15) is 5.01 Å². The fourth-order valence-electron chi connectivity index (χ4n) is 2.94. The zero-order valence-electron chi connectivity index (χ0n) is 14.5. The predicted octanol–water partition coefficient (Wildman–Crippen LogP) is 4.01. The smallest absolute Gasteiger partial charge is 0.107 e. The second-order valence-electron chi connectivity index (χ2n) is 8.07. The van der Waals surface area contributed by atoms with Gasteiger partial charge < -0.3 is 5.73 Å². The van der Waals surface area contributed by atoms with E-state index in [1.54, 1.807) is 0 Å². The standard InChI is InChI=1S/C17H31N3S/c1-12-9-7-8-10-20(12)11-13-19-14(16(2,3)4)15(21-13)17(5,6)18/h12H,7-11,18H2,1-6H3. The number of thiazole rings is 1. The summed E-state index contributed by atoms with van der Waals surface area (Å²) in [4.78, 5) is 8.79. The van der Waals surface area contributed by atoms with E-state index in [4.69, 9.17) is 10.7 Å². The molecule has 0 amide bonds. The lowest BCUT2D eigenvalue weighted by Crippen LogP contribution is -2.36. The molecule has 1 aromatic rings. The second-order valence-corrected chi connectivity index (χ2v) is 9.16. The summed E-state index contributed by atoms with van der Waals surface area (Å²) in [7, 11) is 0. The van der Waals surface area contributed by atoms with Crippen LogP contribution in [0.3, 0.4) is 0 Å². The lowest BCUT2D eigenvalue weighted by Gasteiger charge is -2.32. The maximum Gasteiger partial charge on any atom is 0.107 e. The van der Waals surface area contributed by atoms with Crippen LogP contribution < -0.4 is 5.73 Å². The summed E-state index contributed by atoms with van der Waals surface area (Å²) in [5.74, 6) is 0. The summed E-state index contributed by atoms with van der Waals surface area (Å²) in [6.07, 6.45) is 3.99. The molecule has 4 heteroatoms. The van der Waals surface area contributed by atoms with Crippen LogP contribution in [0.4, 0.5) is 0 Å². The number of nitrogens with two attached hydrogens (primary N) is 1. The summed E-state index contributed by atoms with van der Waals surface area (Å²) in [5, 5.41) is 1.22. The van der Waals surface area contributed by atoms with Gasteiger partial charge in [0.25, 0.3) is 0 Å². The van der Waals surface area contributed by atoms with Gasteiger partial charge in [-0.1, -0.05) is 27.2 Å². The Labute approximate surface area is 133 Å². The fourth-order valence-corrected chi connectivity index (χ4v) is 4.26. The van der Waals surface area contributed by atoms with E-state index in [0.29, 0.717) is 6.04 Å². The molecule has 2 heterocycles. The Morgan fingerprint density at radius 1 is 1.24 bits per heavy atom. The molecule has 1 unspecified atom stereocenters. The van der Waals surface area contributed by atoms with Gasteiger partial charge in [0.2, 0.25) is 0 Å². The Hall–Kier alpha value is -0.450. The van der Waals surface area contributed by atoms with Gasteiger partial charge in [-0.25, -0.2) is 4.98 Å². The van der Waals surface area contributed by atoms with Crippen molar-refractivity contribution >= 4 is 11.3 Å². The second kappa shape index (κ2) is 5.98. The third-order valence-corrected chi connectivity index (χ3v) is 5.63. The molecule has 0 bridgehead atoms. The lowest BCUT2D eigenvalue weighted by atomic mass is 9.87. The minimum absolute atomic E-state index is 0.0498. The molecule has 3 nitrogen and oxygen atoms in total. The molecule has 2 rings (SSSR count). The molecule has 2 N–H and O–H groups in total. The zero-order valence-corrected chi connectivity index (χ0v) is 15.3. The van der Waals surface area contributed by atoms with E-state index in [1.165, 1.54) is 41.4 Å². The third-order valence-electron chi connectivity index (χ3n) is 4.25. The van der Waals surface area contributed by atoms with Gasteiger partial charge in [-0.2, -0.15) is 0 Å². The van der Waals surface area contributed by atoms with E-state index in [-0.39, 0.29) is 11.0 Å². The van der Waals surface area contributed by atoms with Gasteiger partial charge in [0.05, 0.1) is 12.2 Å². The van der Waals surface area contributed by atoms with E-state index in [2.05, 4.69) is 46.4 Å². The highest BCUT2D eigenvalue weighted by Crippen LogP contribution is 2.36. The molecule has 1 aliphatic heterocycles. The first-order valence-corrected chi connectivity index (χ1v) is 8.94. The molecule has 21 heavy (non-hydrogen) atoms. The Balaban J connectivity index is 2.27.